The Kier molecular flexibility index (Phi) is 5.12. The fourth-order valence-corrected chi connectivity index (χ4v) is 3.49. The molecule has 4 rings (SSSR count). The third-order valence-corrected chi connectivity index (χ3v) is 5.06. The first-order valence-electron chi connectivity index (χ1n) is 9.30. The van der Waals surface area contributed by atoms with Crippen molar-refractivity contribution in [3.8, 4) is 5.75 Å². The first-order chi connectivity index (χ1) is 13.7. The molecule has 1 saturated heterocycles. The van der Waals surface area contributed by atoms with Crippen molar-refractivity contribution in [2.45, 2.75) is 6.10 Å². The molecule has 2 heterocycles. The van der Waals surface area contributed by atoms with Crippen LogP contribution in [0, 0.1) is 0 Å². The first-order valence-corrected chi connectivity index (χ1v) is 9.30. The number of amides is 1. The summed E-state index contributed by atoms with van der Waals surface area (Å²) in [6, 6.07) is 15.8. The van der Waals surface area contributed by atoms with Gasteiger partial charge in [0.15, 0.2) is 0 Å². The van der Waals surface area contributed by atoms with Crippen LogP contribution >= 0.6 is 0 Å². The van der Waals surface area contributed by atoms with E-state index in [4.69, 9.17) is 9.47 Å². The summed E-state index contributed by atoms with van der Waals surface area (Å²) in [4.78, 5) is 19.0. The topological polar surface area (TPSA) is 63.7 Å². The van der Waals surface area contributed by atoms with Crippen molar-refractivity contribution in [1.82, 2.24) is 9.88 Å². The van der Waals surface area contributed by atoms with Gasteiger partial charge in [-0.25, -0.2) is 4.98 Å². The number of carbonyl (C=O) groups is 1. The zero-order valence-corrected chi connectivity index (χ0v) is 16.0. The molecule has 0 unspecified atom stereocenters. The minimum Gasteiger partial charge on any atom is -0.497 e. The molecule has 1 amide bonds. The lowest BCUT2D eigenvalue weighted by Crippen LogP contribution is -2.42. The number of rotatable bonds is 4. The molecule has 1 aliphatic rings. The maximum atomic E-state index is 12.9. The largest absolute Gasteiger partial charge is 0.497 e. The summed E-state index contributed by atoms with van der Waals surface area (Å²) in [6.07, 6.45) is 1.50. The van der Waals surface area contributed by atoms with Crippen LogP contribution in [-0.2, 0) is 4.74 Å². The van der Waals surface area contributed by atoms with Crippen LogP contribution in [0.1, 0.15) is 22.0 Å². The summed E-state index contributed by atoms with van der Waals surface area (Å²) in [5.74, 6) is 1.52. The predicted octanol–water partition coefficient (Wildman–Crippen LogP) is 3.50. The van der Waals surface area contributed by atoms with Gasteiger partial charge in [-0.1, -0.05) is 18.2 Å². The van der Waals surface area contributed by atoms with E-state index in [1.807, 2.05) is 23.1 Å². The Hall–Kier alpha value is -3.12. The maximum Gasteiger partial charge on any atom is 0.254 e. The van der Waals surface area contributed by atoms with Gasteiger partial charge in [-0.2, -0.15) is 0 Å². The number of benzene rings is 2. The Morgan fingerprint density at radius 1 is 1.18 bits per heavy atom. The van der Waals surface area contributed by atoms with E-state index in [1.165, 1.54) is 0 Å². The average Bonchev–Trinajstić information content (AvgIpc) is 2.78. The molecule has 3 aromatic rings. The Morgan fingerprint density at radius 3 is 2.82 bits per heavy atom. The van der Waals surface area contributed by atoms with Crippen molar-refractivity contribution in [3.63, 3.8) is 0 Å². The van der Waals surface area contributed by atoms with Crippen LogP contribution in [0.2, 0.25) is 0 Å². The van der Waals surface area contributed by atoms with Crippen LogP contribution in [0.15, 0.2) is 54.7 Å². The molecule has 0 spiro atoms. The highest BCUT2D eigenvalue weighted by atomic mass is 16.5. The third kappa shape index (κ3) is 3.64. The van der Waals surface area contributed by atoms with Crippen LogP contribution in [-0.4, -0.2) is 49.6 Å². The van der Waals surface area contributed by atoms with Crippen LogP contribution in [0.25, 0.3) is 10.8 Å². The molecule has 0 saturated carbocycles. The van der Waals surface area contributed by atoms with Gasteiger partial charge in [0.05, 0.1) is 20.3 Å². The molecule has 1 aromatic heterocycles. The minimum atomic E-state index is -0.144. The van der Waals surface area contributed by atoms with E-state index in [1.54, 1.807) is 32.5 Å². The molecule has 1 atom stereocenters. The summed E-state index contributed by atoms with van der Waals surface area (Å²) < 4.78 is 11.3. The monoisotopic (exact) mass is 377 g/mol. The summed E-state index contributed by atoms with van der Waals surface area (Å²) in [5.41, 5.74) is 1.70. The lowest BCUT2D eigenvalue weighted by Gasteiger charge is -2.33. The normalized spacial score (nSPS) is 16.8. The Labute approximate surface area is 164 Å². The van der Waals surface area contributed by atoms with Crippen LogP contribution < -0.4 is 10.1 Å². The molecule has 28 heavy (non-hydrogen) atoms. The van der Waals surface area contributed by atoms with E-state index in [9.17, 15) is 4.79 Å². The van der Waals surface area contributed by atoms with E-state index in [0.29, 0.717) is 31.1 Å². The molecule has 1 fully saturated rings. The molecule has 1 N–H and O–H groups in total. The van der Waals surface area contributed by atoms with Crippen molar-refractivity contribution in [2.24, 2.45) is 0 Å². The van der Waals surface area contributed by atoms with Crippen molar-refractivity contribution in [3.05, 3.63) is 65.9 Å². The zero-order valence-electron chi connectivity index (χ0n) is 16.0. The SMILES string of the molecule is CNc1cc(C(=O)N2CCO[C@H](c3ccc4cc(OC)ccc4c3)C2)ccn1. The first kappa shape index (κ1) is 18.3. The third-order valence-electron chi connectivity index (χ3n) is 5.06. The smallest absolute Gasteiger partial charge is 0.254 e. The molecular weight excluding hydrogens is 354 g/mol. The van der Waals surface area contributed by atoms with Crippen LogP contribution in [0.3, 0.4) is 0 Å². The van der Waals surface area contributed by atoms with E-state index in [2.05, 4.69) is 28.5 Å². The highest BCUT2D eigenvalue weighted by molar-refractivity contribution is 5.95. The van der Waals surface area contributed by atoms with Gasteiger partial charge in [-0.15, -0.1) is 0 Å². The van der Waals surface area contributed by atoms with Gasteiger partial charge in [0, 0.05) is 25.4 Å². The summed E-state index contributed by atoms with van der Waals surface area (Å²) in [5, 5.41) is 5.21. The molecule has 0 bridgehead atoms. The summed E-state index contributed by atoms with van der Waals surface area (Å²) in [6.45, 7) is 1.62. The van der Waals surface area contributed by atoms with E-state index in [-0.39, 0.29) is 12.0 Å². The van der Waals surface area contributed by atoms with Gasteiger partial charge in [-0.3, -0.25) is 4.79 Å². The van der Waals surface area contributed by atoms with Gasteiger partial charge in [0.25, 0.3) is 5.91 Å². The van der Waals surface area contributed by atoms with Crippen LogP contribution in [0.5, 0.6) is 5.75 Å². The van der Waals surface area contributed by atoms with Gasteiger partial charge >= 0.3 is 0 Å². The second kappa shape index (κ2) is 7.86. The van der Waals surface area contributed by atoms with E-state index in [0.717, 1.165) is 22.1 Å². The second-order valence-electron chi connectivity index (χ2n) is 6.76. The fraction of sp³-hybridized carbons (Fsp3) is 0.273. The van der Waals surface area contributed by atoms with Gasteiger partial charge in [0.1, 0.15) is 17.7 Å². The second-order valence-corrected chi connectivity index (χ2v) is 6.76. The van der Waals surface area contributed by atoms with Gasteiger partial charge < -0.3 is 19.7 Å². The lowest BCUT2D eigenvalue weighted by molar-refractivity contribution is -0.0227. The summed E-state index contributed by atoms with van der Waals surface area (Å²) >= 11 is 0. The number of carbonyl (C=O) groups excluding carboxylic acids is 1. The number of fused-ring (bicyclic) bond motifs is 1. The number of anilines is 1. The van der Waals surface area contributed by atoms with Crippen molar-refractivity contribution in [2.75, 3.05) is 39.2 Å². The summed E-state index contributed by atoms with van der Waals surface area (Å²) in [7, 11) is 3.45. The number of pyridine rings is 1. The molecule has 6 heteroatoms. The average molecular weight is 377 g/mol. The number of ether oxygens (including phenoxy) is 2. The van der Waals surface area contributed by atoms with Gasteiger partial charge in [-0.05, 0) is 46.7 Å². The molecule has 0 aliphatic carbocycles. The Bertz CT molecular complexity index is 1010. The highest BCUT2D eigenvalue weighted by Gasteiger charge is 2.26. The standard InChI is InChI=1S/C22H23N3O3/c1-23-21-13-18(7-8-24-21)22(26)25-9-10-28-20(14-25)17-4-3-16-12-19(27-2)6-5-15(16)11-17/h3-8,11-13,20H,9-10,14H2,1-2H3,(H,23,24)/t20-/m0/s1. The Morgan fingerprint density at radius 2 is 2.00 bits per heavy atom. The predicted molar refractivity (Wildman–Crippen MR) is 109 cm³/mol. The van der Waals surface area contributed by atoms with E-state index < -0.39 is 0 Å². The maximum absolute atomic E-state index is 12.9. The van der Waals surface area contributed by atoms with Crippen molar-refractivity contribution < 1.29 is 14.3 Å². The molecular formula is C22H23N3O3. The fourth-order valence-electron chi connectivity index (χ4n) is 3.49. The highest BCUT2D eigenvalue weighted by Crippen LogP contribution is 2.28. The molecule has 0 radical (unpaired) electrons. The zero-order chi connectivity index (χ0) is 19.5. The number of hydrogen-bond donors (Lipinski definition) is 1. The lowest BCUT2D eigenvalue weighted by atomic mass is 10.0. The number of nitrogens with zero attached hydrogens (tertiary/aromatic N) is 2. The van der Waals surface area contributed by atoms with E-state index >= 15 is 0 Å². The number of methoxy groups -OCH3 is 1. The molecule has 144 valence electrons. The number of aromatic nitrogens is 1. The molecule has 2 aromatic carbocycles. The Balaban J connectivity index is 1.54. The quantitative estimate of drug-likeness (QED) is 0.754. The van der Waals surface area contributed by atoms with Gasteiger partial charge in [0.2, 0.25) is 0 Å². The minimum absolute atomic E-state index is 0.00211. The van der Waals surface area contributed by atoms with Crippen molar-refractivity contribution >= 4 is 22.5 Å². The number of hydrogen-bond acceptors (Lipinski definition) is 5. The molecule has 1 aliphatic heterocycles. The number of morpholine rings is 1. The van der Waals surface area contributed by atoms with Crippen molar-refractivity contribution in [1.29, 1.82) is 0 Å². The molecule has 6 nitrogen and oxygen atoms in total. The number of nitrogens with one attached hydrogen (secondary N) is 1. The van der Waals surface area contributed by atoms with Crippen LogP contribution in [0.4, 0.5) is 5.82 Å².